The van der Waals surface area contributed by atoms with Gasteiger partial charge in [0.2, 0.25) is 0 Å². The molecule has 7 heteroatoms. The maximum absolute atomic E-state index is 13.4. The zero-order chi connectivity index (χ0) is 20.0. The van der Waals surface area contributed by atoms with Gasteiger partial charge in [0.25, 0.3) is 5.91 Å². The second-order valence-corrected chi connectivity index (χ2v) is 6.17. The number of esters is 1. The number of carbonyl (C=O) groups is 2. The van der Waals surface area contributed by atoms with Crippen LogP contribution in [-0.4, -0.2) is 42.1 Å². The molecule has 27 heavy (non-hydrogen) atoms. The summed E-state index contributed by atoms with van der Waals surface area (Å²) in [6.07, 6.45) is -7.61. The lowest BCUT2D eigenvalue weighted by molar-refractivity contribution is -0.208. The fourth-order valence-corrected chi connectivity index (χ4v) is 2.47. The van der Waals surface area contributed by atoms with Gasteiger partial charge in [0.1, 0.15) is 0 Å². The first kappa shape index (κ1) is 20.5. The van der Waals surface area contributed by atoms with Crippen molar-refractivity contribution < 1.29 is 27.5 Å². The Morgan fingerprint density at radius 3 is 1.93 bits per heavy atom. The third-order valence-electron chi connectivity index (χ3n) is 4.18. The summed E-state index contributed by atoms with van der Waals surface area (Å²) >= 11 is 0. The van der Waals surface area contributed by atoms with Crippen LogP contribution < -0.4 is 0 Å². The van der Waals surface area contributed by atoms with Crippen molar-refractivity contribution >= 4 is 11.9 Å². The summed E-state index contributed by atoms with van der Waals surface area (Å²) in [5.74, 6) is -1.46. The number of nitrogens with zero attached hydrogens (tertiary/aromatic N) is 1. The van der Waals surface area contributed by atoms with E-state index in [1.54, 1.807) is 36.4 Å². The molecule has 2 aromatic rings. The van der Waals surface area contributed by atoms with Crippen molar-refractivity contribution in [3.8, 4) is 0 Å². The lowest BCUT2D eigenvalue weighted by Gasteiger charge is -2.29. The molecule has 0 aromatic heterocycles. The molecule has 0 aliphatic rings. The summed E-state index contributed by atoms with van der Waals surface area (Å²) in [5.41, 5.74) is 0.407. The molecule has 0 saturated heterocycles. The van der Waals surface area contributed by atoms with Gasteiger partial charge in [-0.1, -0.05) is 36.4 Å². The number of benzene rings is 2. The van der Waals surface area contributed by atoms with Crippen LogP contribution in [0.1, 0.15) is 34.1 Å². The first-order chi connectivity index (χ1) is 12.7. The van der Waals surface area contributed by atoms with Gasteiger partial charge in [-0.15, -0.1) is 0 Å². The molecule has 0 aliphatic heterocycles. The molecule has 0 bridgehead atoms. The second kappa shape index (κ2) is 8.70. The van der Waals surface area contributed by atoms with Crippen molar-refractivity contribution in [2.75, 3.05) is 7.05 Å². The molecule has 2 rings (SSSR count). The molecule has 1 amide bonds. The van der Waals surface area contributed by atoms with Crippen LogP contribution in [0.15, 0.2) is 60.7 Å². The standard InChI is InChI=1S/C20H20F3NO3/c1-14(24(2)18(25)15-9-5-3-6-10-15)13-17(20(21,22)23)27-19(26)16-11-7-4-8-12-16/h3-12,14,17H,13H2,1-2H3. The Balaban J connectivity index is 2.09. The van der Waals surface area contributed by atoms with Crippen molar-refractivity contribution in [3.05, 3.63) is 71.8 Å². The van der Waals surface area contributed by atoms with Crippen LogP contribution in [-0.2, 0) is 4.74 Å². The molecular weight excluding hydrogens is 359 g/mol. The summed E-state index contributed by atoms with van der Waals surface area (Å²) < 4.78 is 44.8. The molecule has 0 saturated carbocycles. The van der Waals surface area contributed by atoms with Crippen LogP contribution in [0.5, 0.6) is 0 Å². The van der Waals surface area contributed by atoms with Crippen molar-refractivity contribution in [3.63, 3.8) is 0 Å². The molecule has 0 heterocycles. The Bertz CT molecular complexity index is 763. The van der Waals surface area contributed by atoms with E-state index in [2.05, 4.69) is 0 Å². The fraction of sp³-hybridized carbons (Fsp3) is 0.300. The molecule has 144 valence electrons. The van der Waals surface area contributed by atoms with Gasteiger partial charge in [-0.05, 0) is 31.2 Å². The van der Waals surface area contributed by atoms with Crippen molar-refractivity contribution in [2.45, 2.75) is 31.7 Å². The molecule has 0 spiro atoms. The molecular formula is C20H20F3NO3. The lowest BCUT2D eigenvalue weighted by Crippen LogP contribution is -2.42. The summed E-state index contributed by atoms with van der Waals surface area (Å²) in [4.78, 5) is 25.6. The van der Waals surface area contributed by atoms with Crippen LogP contribution in [0.2, 0.25) is 0 Å². The normalized spacial score (nSPS) is 13.5. The minimum atomic E-state index is -4.74. The molecule has 2 atom stereocenters. The van der Waals surface area contributed by atoms with Crippen LogP contribution in [0.3, 0.4) is 0 Å². The molecule has 0 fully saturated rings. The summed E-state index contributed by atoms with van der Waals surface area (Å²) in [6.45, 7) is 1.48. The monoisotopic (exact) mass is 379 g/mol. The lowest BCUT2D eigenvalue weighted by atomic mass is 10.1. The molecule has 0 N–H and O–H groups in total. The van der Waals surface area contributed by atoms with Gasteiger partial charge in [0, 0.05) is 25.1 Å². The summed E-state index contributed by atoms with van der Waals surface area (Å²) in [6, 6.07) is 14.9. The van der Waals surface area contributed by atoms with E-state index in [1.807, 2.05) is 0 Å². The van der Waals surface area contributed by atoms with E-state index in [1.165, 1.54) is 43.1 Å². The number of hydrogen-bond donors (Lipinski definition) is 0. The molecule has 2 unspecified atom stereocenters. The van der Waals surface area contributed by atoms with Gasteiger partial charge in [0.05, 0.1) is 5.56 Å². The van der Waals surface area contributed by atoms with E-state index in [4.69, 9.17) is 4.74 Å². The Morgan fingerprint density at radius 2 is 1.44 bits per heavy atom. The minimum absolute atomic E-state index is 0.0353. The quantitative estimate of drug-likeness (QED) is 0.702. The van der Waals surface area contributed by atoms with E-state index in [9.17, 15) is 22.8 Å². The Kier molecular flexibility index (Phi) is 6.60. The van der Waals surface area contributed by atoms with Gasteiger partial charge in [-0.25, -0.2) is 4.79 Å². The topological polar surface area (TPSA) is 46.6 Å². The number of amides is 1. The van der Waals surface area contributed by atoms with Crippen molar-refractivity contribution in [2.24, 2.45) is 0 Å². The predicted molar refractivity (Wildman–Crippen MR) is 94.3 cm³/mol. The number of alkyl halides is 3. The van der Waals surface area contributed by atoms with E-state index in [0.29, 0.717) is 5.56 Å². The highest BCUT2D eigenvalue weighted by atomic mass is 19.4. The summed E-state index contributed by atoms with van der Waals surface area (Å²) in [5, 5.41) is 0. The number of carbonyl (C=O) groups excluding carboxylic acids is 2. The highest BCUT2D eigenvalue weighted by Gasteiger charge is 2.44. The van der Waals surface area contributed by atoms with Crippen LogP contribution in [0.4, 0.5) is 13.2 Å². The fourth-order valence-electron chi connectivity index (χ4n) is 2.47. The summed E-state index contributed by atoms with van der Waals surface area (Å²) in [7, 11) is 1.42. The Morgan fingerprint density at radius 1 is 0.963 bits per heavy atom. The van der Waals surface area contributed by atoms with E-state index >= 15 is 0 Å². The average Bonchev–Trinajstić information content (AvgIpc) is 2.66. The highest BCUT2D eigenvalue weighted by Crippen LogP contribution is 2.28. The Hall–Kier alpha value is -2.83. The van der Waals surface area contributed by atoms with Gasteiger partial charge >= 0.3 is 12.1 Å². The minimum Gasteiger partial charge on any atom is -0.449 e. The SMILES string of the molecule is CC(CC(OC(=O)c1ccccc1)C(F)(F)F)N(C)C(=O)c1ccccc1. The maximum atomic E-state index is 13.4. The zero-order valence-electron chi connectivity index (χ0n) is 14.9. The van der Waals surface area contributed by atoms with E-state index in [0.717, 1.165) is 0 Å². The highest BCUT2D eigenvalue weighted by molar-refractivity contribution is 5.94. The number of rotatable bonds is 6. The smallest absolute Gasteiger partial charge is 0.425 e. The molecule has 4 nitrogen and oxygen atoms in total. The largest absolute Gasteiger partial charge is 0.449 e. The first-order valence-electron chi connectivity index (χ1n) is 8.35. The first-order valence-corrected chi connectivity index (χ1v) is 8.35. The van der Waals surface area contributed by atoms with Gasteiger partial charge in [-0.3, -0.25) is 4.79 Å². The second-order valence-electron chi connectivity index (χ2n) is 6.17. The van der Waals surface area contributed by atoms with Crippen LogP contribution in [0, 0.1) is 0 Å². The molecule has 2 aromatic carbocycles. The zero-order valence-corrected chi connectivity index (χ0v) is 14.9. The van der Waals surface area contributed by atoms with Crippen molar-refractivity contribution in [1.82, 2.24) is 4.90 Å². The number of hydrogen-bond acceptors (Lipinski definition) is 3. The predicted octanol–water partition coefficient (Wildman–Crippen LogP) is 4.33. The van der Waals surface area contributed by atoms with Crippen LogP contribution in [0.25, 0.3) is 0 Å². The van der Waals surface area contributed by atoms with Gasteiger partial charge in [-0.2, -0.15) is 13.2 Å². The molecule has 0 aliphatic carbocycles. The number of ether oxygens (including phenoxy) is 1. The average molecular weight is 379 g/mol. The third-order valence-corrected chi connectivity index (χ3v) is 4.18. The maximum Gasteiger partial charge on any atom is 0.425 e. The van der Waals surface area contributed by atoms with Gasteiger partial charge < -0.3 is 9.64 Å². The molecule has 0 radical (unpaired) electrons. The third kappa shape index (κ3) is 5.57. The van der Waals surface area contributed by atoms with Gasteiger partial charge in [0.15, 0.2) is 6.10 Å². The van der Waals surface area contributed by atoms with Crippen LogP contribution >= 0.6 is 0 Å². The Labute approximate surface area is 155 Å². The van der Waals surface area contributed by atoms with E-state index in [-0.39, 0.29) is 5.56 Å². The van der Waals surface area contributed by atoms with E-state index < -0.39 is 36.6 Å². The van der Waals surface area contributed by atoms with Crippen molar-refractivity contribution in [1.29, 1.82) is 0 Å². The number of halogens is 3.